The molecule has 0 spiro atoms. The van der Waals surface area contributed by atoms with E-state index in [1.165, 1.54) is 29.0 Å². The molecule has 0 bridgehead atoms. The van der Waals surface area contributed by atoms with Crippen LogP contribution in [0, 0.1) is 21.4 Å². The minimum absolute atomic E-state index is 0.000527. The molecule has 9 rings (SSSR count). The summed E-state index contributed by atoms with van der Waals surface area (Å²) in [6.07, 6.45) is 10.3. The molecule has 1 atom stereocenters. The van der Waals surface area contributed by atoms with Crippen molar-refractivity contribution in [2.24, 2.45) is 11.3 Å². The van der Waals surface area contributed by atoms with Gasteiger partial charge in [0.05, 0.1) is 39.0 Å². The van der Waals surface area contributed by atoms with Crippen molar-refractivity contribution in [3.05, 3.63) is 117 Å². The SMILES string of the molecule is CC1(C)CCC(CN2CCN(c3ccc(C(=O)NS(=O)(=O)c4cc5c(c([N+](=O)[O-])c4)C[C@H](CNS(=O)(=O)C4CCCCC4)CO5)c(Oc4cnc5[nH]ccc5c4)c3)CC2)=C(c2ccc(Cl)cc2)C1. The second-order valence-corrected chi connectivity index (χ2v) is 23.4. The van der Waals surface area contributed by atoms with Crippen LogP contribution in [0.3, 0.4) is 0 Å². The predicted molar refractivity (Wildman–Crippen MR) is 261 cm³/mol. The minimum atomic E-state index is -4.72. The standard InChI is InChI=1S/C49H56ClN7O9S2/c1-49(2)16-14-35(43(27-49)33-8-10-36(50)11-9-33)30-55-18-20-56(21-19-55)37-12-13-41(46(24-37)66-38-23-34-15-17-51-47(34)52-29-38)48(58)54-68(63,64)40-25-44(57(59)60)42-22-32(31-65-45(42)26-40)28-53-67(61,62)39-6-4-3-5-7-39/h8-13,15,17,23-26,29,32,39,53H,3-7,14,16,18-22,27-28,30-31H2,1-2H3,(H,51,52)(H,54,58)/t32-/m1/s1. The normalized spacial score (nSPS) is 19.3. The Balaban J connectivity index is 0.922. The lowest BCUT2D eigenvalue weighted by molar-refractivity contribution is -0.386. The molecule has 1 amide bonds. The van der Waals surface area contributed by atoms with Gasteiger partial charge >= 0.3 is 0 Å². The Hall–Kier alpha value is -5.53. The van der Waals surface area contributed by atoms with Crippen molar-refractivity contribution >= 4 is 65.5 Å². The fourth-order valence-corrected chi connectivity index (χ4v) is 12.7. The van der Waals surface area contributed by atoms with Gasteiger partial charge in [-0.3, -0.25) is 19.8 Å². The number of piperazine rings is 1. The molecule has 16 nitrogen and oxygen atoms in total. The number of carbonyl (C=O) groups is 1. The molecule has 1 saturated heterocycles. The number of anilines is 1. The number of sulfonamides is 2. The number of nitrogens with one attached hydrogen (secondary N) is 3. The molecule has 3 aromatic carbocycles. The molecule has 2 aromatic heterocycles. The van der Waals surface area contributed by atoms with Gasteiger partial charge in [0.1, 0.15) is 22.9 Å². The molecule has 2 fully saturated rings. The molecule has 1 saturated carbocycles. The summed E-state index contributed by atoms with van der Waals surface area (Å²) >= 11 is 6.25. The molecule has 3 N–H and O–H groups in total. The Morgan fingerprint density at radius 3 is 2.51 bits per heavy atom. The second kappa shape index (κ2) is 19.5. The highest BCUT2D eigenvalue weighted by molar-refractivity contribution is 7.90. The van der Waals surface area contributed by atoms with E-state index in [0.29, 0.717) is 42.4 Å². The van der Waals surface area contributed by atoms with E-state index in [1.54, 1.807) is 24.4 Å². The van der Waals surface area contributed by atoms with Crippen molar-refractivity contribution in [3.63, 3.8) is 0 Å². The van der Waals surface area contributed by atoms with Crippen LogP contribution in [0.5, 0.6) is 17.2 Å². The molecule has 2 aliphatic carbocycles. The summed E-state index contributed by atoms with van der Waals surface area (Å²) in [7, 11) is -8.30. The van der Waals surface area contributed by atoms with Crippen LogP contribution in [-0.4, -0.2) is 93.7 Å². The van der Waals surface area contributed by atoms with E-state index in [0.717, 1.165) is 81.4 Å². The van der Waals surface area contributed by atoms with Gasteiger partial charge in [-0.25, -0.2) is 31.3 Å². The fourth-order valence-electron chi connectivity index (χ4n) is 9.89. The smallest absolute Gasteiger partial charge is 0.277 e. The molecule has 0 radical (unpaired) electrons. The molecule has 0 unspecified atom stereocenters. The third kappa shape index (κ3) is 10.7. The minimum Gasteiger partial charge on any atom is -0.493 e. The largest absolute Gasteiger partial charge is 0.493 e. The molecule has 360 valence electrons. The van der Waals surface area contributed by atoms with Crippen LogP contribution in [0.1, 0.15) is 86.7 Å². The van der Waals surface area contributed by atoms with Gasteiger partial charge in [-0.1, -0.05) is 62.4 Å². The Kier molecular flexibility index (Phi) is 13.6. The fraction of sp³-hybridized carbons (Fsp3) is 0.429. The zero-order valence-electron chi connectivity index (χ0n) is 38.1. The zero-order valence-corrected chi connectivity index (χ0v) is 40.5. The first-order chi connectivity index (χ1) is 32.5. The number of benzene rings is 3. The van der Waals surface area contributed by atoms with Crippen LogP contribution in [0.2, 0.25) is 5.02 Å². The van der Waals surface area contributed by atoms with Crippen molar-refractivity contribution in [2.45, 2.75) is 81.8 Å². The van der Waals surface area contributed by atoms with Crippen LogP contribution < -0.4 is 23.8 Å². The van der Waals surface area contributed by atoms with Crippen LogP contribution >= 0.6 is 11.6 Å². The molecule has 2 aliphatic heterocycles. The number of hydrogen-bond acceptors (Lipinski definition) is 12. The van der Waals surface area contributed by atoms with E-state index in [-0.39, 0.29) is 47.6 Å². The Labute approximate surface area is 401 Å². The monoisotopic (exact) mass is 985 g/mol. The zero-order chi connectivity index (χ0) is 47.8. The van der Waals surface area contributed by atoms with E-state index < -0.39 is 52.6 Å². The number of ether oxygens (including phenoxy) is 2. The first-order valence-corrected chi connectivity index (χ1v) is 26.6. The third-order valence-electron chi connectivity index (χ3n) is 13.8. The number of allylic oxidation sites excluding steroid dienone is 1. The number of aromatic amines is 1. The lowest BCUT2D eigenvalue weighted by Crippen LogP contribution is -2.47. The van der Waals surface area contributed by atoms with Crippen LogP contribution in [-0.2, 0) is 26.5 Å². The number of halogens is 1. The van der Waals surface area contributed by atoms with E-state index >= 15 is 0 Å². The van der Waals surface area contributed by atoms with Gasteiger partial charge in [-0.2, -0.15) is 0 Å². The number of fused-ring (bicyclic) bond motifs is 2. The van der Waals surface area contributed by atoms with Crippen molar-refractivity contribution in [3.8, 4) is 17.2 Å². The number of pyridine rings is 1. The summed E-state index contributed by atoms with van der Waals surface area (Å²) in [6, 6.07) is 18.7. The van der Waals surface area contributed by atoms with Gasteiger partial charge in [0, 0.05) is 85.7 Å². The molecule has 68 heavy (non-hydrogen) atoms. The molecule has 19 heteroatoms. The van der Waals surface area contributed by atoms with Crippen molar-refractivity contribution in [1.29, 1.82) is 0 Å². The van der Waals surface area contributed by atoms with Crippen molar-refractivity contribution < 1.29 is 36.0 Å². The maximum absolute atomic E-state index is 14.1. The lowest BCUT2D eigenvalue weighted by atomic mass is 9.72. The van der Waals surface area contributed by atoms with Crippen LogP contribution in [0.15, 0.2) is 89.6 Å². The molecule has 4 aliphatic rings. The highest BCUT2D eigenvalue weighted by Crippen LogP contribution is 2.44. The third-order valence-corrected chi connectivity index (χ3v) is 17.2. The summed E-state index contributed by atoms with van der Waals surface area (Å²) in [4.78, 5) is 37.4. The van der Waals surface area contributed by atoms with Gasteiger partial charge in [0.15, 0.2) is 0 Å². The van der Waals surface area contributed by atoms with Crippen molar-refractivity contribution in [1.82, 2.24) is 24.3 Å². The number of amides is 1. The number of carbonyl (C=O) groups excluding carboxylic acids is 1. The number of nitro benzene ring substituents is 1. The second-order valence-electron chi connectivity index (χ2n) is 19.2. The van der Waals surface area contributed by atoms with Crippen LogP contribution in [0.25, 0.3) is 16.6 Å². The van der Waals surface area contributed by atoms with E-state index in [2.05, 4.69) is 55.2 Å². The van der Waals surface area contributed by atoms with E-state index in [9.17, 15) is 31.7 Å². The maximum atomic E-state index is 14.1. The number of hydrogen-bond donors (Lipinski definition) is 3. The number of aromatic nitrogens is 2. The Morgan fingerprint density at radius 2 is 1.76 bits per heavy atom. The summed E-state index contributed by atoms with van der Waals surface area (Å²) < 4.78 is 70.9. The lowest BCUT2D eigenvalue weighted by Gasteiger charge is -2.39. The quantitative estimate of drug-likeness (QED) is 0.0707. The molecule has 5 aromatic rings. The van der Waals surface area contributed by atoms with Crippen molar-refractivity contribution in [2.75, 3.05) is 50.8 Å². The van der Waals surface area contributed by atoms with Gasteiger partial charge in [0.25, 0.3) is 21.6 Å². The highest BCUT2D eigenvalue weighted by atomic mass is 35.5. The molecule has 4 heterocycles. The van der Waals surface area contributed by atoms with Gasteiger partial charge in [-0.15, -0.1) is 0 Å². The number of nitrogens with zero attached hydrogens (tertiary/aromatic N) is 4. The predicted octanol–water partition coefficient (Wildman–Crippen LogP) is 8.62. The number of H-pyrrole nitrogens is 1. The highest BCUT2D eigenvalue weighted by Gasteiger charge is 2.35. The van der Waals surface area contributed by atoms with E-state index in [4.69, 9.17) is 21.1 Å². The van der Waals surface area contributed by atoms with E-state index in [1.807, 2.05) is 18.2 Å². The summed E-state index contributed by atoms with van der Waals surface area (Å²) in [5.41, 5.74) is 5.22. The van der Waals surface area contributed by atoms with Gasteiger partial charge in [0.2, 0.25) is 10.0 Å². The topological polar surface area (TPSA) is 206 Å². The summed E-state index contributed by atoms with van der Waals surface area (Å²) in [6.45, 7) is 8.51. The average Bonchev–Trinajstić information content (AvgIpc) is 3.80. The Bertz CT molecular complexity index is 2980. The van der Waals surface area contributed by atoms with Gasteiger partial charge < -0.3 is 19.4 Å². The number of nitro groups is 1. The Morgan fingerprint density at radius 1 is 1.00 bits per heavy atom. The van der Waals surface area contributed by atoms with Crippen LogP contribution in [0.4, 0.5) is 11.4 Å². The molecular formula is C49H56ClN7O9S2. The summed E-state index contributed by atoms with van der Waals surface area (Å²) in [5.74, 6) is -1.07. The maximum Gasteiger partial charge on any atom is 0.277 e. The first-order valence-electron chi connectivity index (χ1n) is 23.2. The summed E-state index contributed by atoms with van der Waals surface area (Å²) in [5, 5.41) is 13.4. The van der Waals surface area contributed by atoms with Gasteiger partial charge in [-0.05, 0) is 91.5 Å². The molecular weight excluding hydrogens is 930 g/mol. The first kappa shape index (κ1) is 47.5. The average molecular weight is 987 g/mol. The number of rotatable bonds is 14.